The van der Waals surface area contributed by atoms with E-state index in [9.17, 15) is 0 Å². The smallest absolute Gasteiger partial charge is 0.164 e. The maximum atomic E-state index is 6.38. The molecule has 0 N–H and O–H groups in total. The summed E-state index contributed by atoms with van der Waals surface area (Å²) in [6.07, 6.45) is 25.0. The van der Waals surface area contributed by atoms with E-state index in [1.54, 1.807) is 0 Å². The Balaban J connectivity index is 1.00. The summed E-state index contributed by atoms with van der Waals surface area (Å²) in [6, 6.07) is 36.2. The van der Waals surface area contributed by atoms with Gasteiger partial charge in [-0.25, -0.2) is 15.0 Å². The molecule has 50 heavy (non-hydrogen) atoms. The third-order valence-corrected chi connectivity index (χ3v) is 10.7. The third kappa shape index (κ3) is 4.88. The molecule has 5 aliphatic rings. The van der Waals surface area contributed by atoms with Crippen molar-refractivity contribution in [3.63, 3.8) is 0 Å². The van der Waals surface area contributed by atoms with Crippen molar-refractivity contribution in [2.45, 2.75) is 24.1 Å². The first kappa shape index (κ1) is 28.9. The molecule has 0 radical (unpaired) electrons. The van der Waals surface area contributed by atoms with E-state index in [1.165, 1.54) is 22.4 Å². The number of anilines is 1. The lowest BCUT2D eigenvalue weighted by atomic mass is 9.81. The molecule has 1 fully saturated rings. The third-order valence-electron chi connectivity index (χ3n) is 10.7. The van der Waals surface area contributed by atoms with Gasteiger partial charge in [0.05, 0.1) is 12.1 Å². The van der Waals surface area contributed by atoms with Gasteiger partial charge in [0.15, 0.2) is 17.5 Å². The fraction of sp³-hybridized carbons (Fsp3) is 0.133. The van der Waals surface area contributed by atoms with Crippen LogP contribution in [0.3, 0.4) is 0 Å². The van der Waals surface area contributed by atoms with Crippen LogP contribution in [0.25, 0.3) is 39.7 Å². The molecule has 0 saturated carbocycles. The highest BCUT2D eigenvalue weighted by Crippen LogP contribution is 2.47. The molecule has 3 aliphatic carbocycles. The molecule has 0 spiro atoms. The Kier molecular flexibility index (Phi) is 6.83. The lowest BCUT2D eigenvalue weighted by Gasteiger charge is -2.32. The normalized spacial score (nSPS) is 25.0. The number of fused-ring (bicyclic) bond motifs is 6. The van der Waals surface area contributed by atoms with E-state index in [-0.39, 0.29) is 18.2 Å². The summed E-state index contributed by atoms with van der Waals surface area (Å²) in [5.74, 6) is 4.05. The van der Waals surface area contributed by atoms with E-state index in [1.807, 2.05) is 60.7 Å². The molecular weight excluding hydrogens is 613 g/mol. The molecule has 240 valence electrons. The maximum absolute atomic E-state index is 6.38. The Morgan fingerprint density at radius 1 is 0.520 bits per heavy atom. The van der Waals surface area contributed by atoms with Crippen molar-refractivity contribution in [3.8, 4) is 39.9 Å². The zero-order valence-electron chi connectivity index (χ0n) is 27.3. The van der Waals surface area contributed by atoms with Gasteiger partial charge in [-0.05, 0) is 47.5 Å². The van der Waals surface area contributed by atoms with Crippen LogP contribution >= 0.6 is 0 Å². The van der Waals surface area contributed by atoms with Crippen LogP contribution in [0, 0.1) is 11.8 Å². The van der Waals surface area contributed by atoms with E-state index in [0.29, 0.717) is 35.2 Å². The van der Waals surface area contributed by atoms with E-state index >= 15 is 0 Å². The number of nitrogens with zero attached hydrogens (tertiary/aromatic N) is 4. The highest BCUT2D eigenvalue weighted by atomic mass is 16.5. The van der Waals surface area contributed by atoms with Crippen molar-refractivity contribution >= 4 is 11.3 Å². The molecular formula is C45H34N4O. The van der Waals surface area contributed by atoms with Crippen LogP contribution in [0.4, 0.5) is 5.69 Å². The van der Waals surface area contributed by atoms with Crippen LogP contribution < -0.4 is 9.64 Å². The quantitative estimate of drug-likeness (QED) is 0.190. The number of aromatic nitrogens is 3. The van der Waals surface area contributed by atoms with E-state index in [2.05, 4.69) is 114 Å². The molecule has 1 aromatic heterocycles. The average Bonchev–Trinajstić information content (AvgIpc) is 3.73. The van der Waals surface area contributed by atoms with Crippen molar-refractivity contribution in [2.24, 2.45) is 11.8 Å². The summed E-state index contributed by atoms with van der Waals surface area (Å²) in [5, 5.41) is 0. The van der Waals surface area contributed by atoms with Gasteiger partial charge in [-0.3, -0.25) is 0 Å². The van der Waals surface area contributed by atoms with Gasteiger partial charge in [0.25, 0.3) is 0 Å². The first-order chi connectivity index (χ1) is 24.8. The fourth-order valence-corrected chi connectivity index (χ4v) is 8.22. The van der Waals surface area contributed by atoms with Gasteiger partial charge in [-0.2, -0.15) is 0 Å². The second-order valence-electron chi connectivity index (χ2n) is 13.5. The SMILES string of the molecule is C1=CC2Oc3cc(C4=CC5C(C=C4)C4C=CC=CC4N5c4ccc(-c5nc(-c6ccccc6)nc(-c6ccccc6)n5)cc4)ccc3C2C=C1. The monoisotopic (exact) mass is 646 g/mol. The summed E-state index contributed by atoms with van der Waals surface area (Å²) < 4.78 is 6.38. The molecule has 0 amide bonds. The van der Waals surface area contributed by atoms with Gasteiger partial charge in [0.2, 0.25) is 0 Å². The molecule has 0 bridgehead atoms. The van der Waals surface area contributed by atoms with Gasteiger partial charge in [-0.15, -0.1) is 0 Å². The predicted octanol–water partition coefficient (Wildman–Crippen LogP) is 9.41. The highest BCUT2D eigenvalue weighted by molar-refractivity contribution is 5.79. The first-order valence-electron chi connectivity index (χ1n) is 17.4. The zero-order chi connectivity index (χ0) is 33.0. The lowest BCUT2D eigenvalue weighted by Crippen LogP contribution is -2.37. The second kappa shape index (κ2) is 11.8. The molecule has 3 heterocycles. The van der Waals surface area contributed by atoms with E-state index in [0.717, 1.165) is 22.4 Å². The van der Waals surface area contributed by atoms with Gasteiger partial charge in [0, 0.05) is 45.7 Å². The Morgan fingerprint density at radius 2 is 1.12 bits per heavy atom. The van der Waals surface area contributed by atoms with Crippen LogP contribution in [0.2, 0.25) is 0 Å². The lowest BCUT2D eigenvalue weighted by molar-refractivity contribution is 0.269. The second-order valence-corrected chi connectivity index (χ2v) is 13.5. The molecule has 5 nitrogen and oxygen atoms in total. The number of ether oxygens (including phenoxy) is 1. The van der Waals surface area contributed by atoms with Crippen molar-refractivity contribution in [1.82, 2.24) is 15.0 Å². The minimum Gasteiger partial charge on any atom is -0.485 e. The van der Waals surface area contributed by atoms with Crippen molar-refractivity contribution in [3.05, 3.63) is 181 Å². The number of benzene rings is 4. The Morgan fingerprint density at radius 3 is 1.84 bits per heavy atom. The minimum absolute atomic E-state index is 0.0907. The van der Waals surface area contributed by atoms with Crippen molar-refractivity contribution in [1.29, 1.82) is 0 Å². The predicted molar refractivity (Wildman–Crippen MR) is 200 cm³/mol. The van der Waals surface area contributed by atoms with Crippen LogP contribution in [0.15, 0.2) is 170 Å². The van der Waals surface area contributed by atoms with Crippen LogP contribution in [-0.4, -0.2) is 33.1 Å². The maximum Gasteiger partial charge on any atom is 0.164 e. The van der Waals surface area contributed by atoms with Crippen LogP contribution in [0.1, 0.15) is 17.0 Å². The number of hydrogen-bond donors (Lipinski definition) is 0. The summed E-state index contributed by atoms with van der Waals surface area (Å²) in [4.78, 5) is 17.4. The Hall–Kier alpha value is -6.07. The Labute approximate surface area is 292 Å². The summed E-state index contributed by atoms with van der Waals surface area (Å²) >= 11 is 0. The summed E-state index contributed by atoms with van der Waals surface area (Å²) in [5.41, 5.74) is 7.77. The van der Waals surface area contributed by atoms with Crippen LogP contribution in [-0.2, 0) is 0 Å². The van der Waals surface area contributed by atoms with Crippen molar-refractivity contribution in [2.75, 3.05) is 4.90 Å². The molecule has 10 rings (SSSR count). The Bertz CT molecular complexity index is 2230. The number of allylic oxidation sites excluding steroid dienone is 6. The molecule has 1 saturated heterocycles. The first-order valence-corrected chi connectivity index (χ1v) is 17.4. The topological polar surface area (TPSA) is 51.1 Å². The molecule has 6 atom stereocenters. The van der Waals surface area contributed by atoms with E-state index < -0.39 is 0 Å². The van der Waals surface area contributed by atoms with Gasteiger partial charge in [0.1, 0.15) is 11.9 Å². The minimum atomic E-state index is 0.0907. The number of hydrogen-bond acceptors (Lipinski definition) is 5. The zero-order valence-corrected chi connectivity index (χ0v) is 27.3. The summed E-state index contributed by atoms with van der Waals surface area (Å²) in [7, 11) is 0. The van der Waals surface area contributed by atoms with Crippen LogP contribution in [0.5, 0.6) is 5.75 Å². The highest BCUT2D eigenvalue weighted by Gasteiger charge is 2.46. The van der Waals surface area contributed by atoms with E-state index in [4.69, 9.17) is 19.7 Å². The van der Waals surface area contributed by atoms with Gasteiger partial charge >= 0.3 is 0 Å². The van der Waals surface area contributed by atoms with Crippen molar-refractivity contribution < 1.29 is 4.74 Å². The molecule has 5 heteroatoms. The molecule has 6 unspecified atom stereocenters. The molecule has 4 aromatic carbocycles. The van der Waals surface area contributed by atoms with Gasteiger partial charge < -0.3 is 9.64 Å². The summed E-state index contributed by atoms with van der Waals surface area (Å²) in [6.45, 7) is 0. The fourth-order valence-electron chi connectivity index (χ4n) is 8.22. The molecule has 2 aliphatic heterocycles. The molecule has 5 aromatic rings. The average molecular weight is 647 g/mol. The van der Waals surface area contributed by atoms with Gasteiger partial charge in [-0.1, -0.05) is 134 Å². The standard InChI is InChI=1S/C45H34N4O/c1-3-11-29(12-4-1)43-46-44(30-13-5-2-6-14-30)48-45(47-43)31-19-23-34(24-20-31)49-39-17-9-7-15-35(39)36-25-21-32(27-40(36)49)33-22-26-38-37-16-8-10-18-41(37)50-42(38)28-33/h1-28,35-37,39-41H. The largest absolute Gasteiger partial charge is 0.485 e. The number of rotatable bonds is 5.